The Balaban J connectivity index is 2.37. The summed E-state index contributed by atoms with van der Waals surface area (Å²) in [4.78, 5) is -1.11. The molecule has 1 fully saturated rings. The molecule has 4 nitrogen and oxygen atoms in total. The van der Waals surface area contributed by atoms with E-state index in [1.54, 1.807) is 13.8 Å². The number of benzene rings is 1. The van der Waals surface area contributed by atoms with Crippen molar-refractivity contribution in [2.24, 2.45) is 0 Å². The fourth-order valence-electron chi connectivity index (χ4n) is 1.97. The number of epoxide rings is 1. The van der Waals surface area contributed by atoms with Gasteiger partial charge in [0, 0.05) is 6.54 Å². The van der Waals surface area contributed by atoms with Gasteiger partial charge in [0.2, 0.25) is 10.0 Å². The molecule has 0 unspecified atom stereocenters. The summed E-state index contributed by atoms with van der Waals surface area (Å²) in [5, 5.41) is 0. The zero-order chi connectivity index (χ0) is 18.6. The number of rotatable bonds is 4. The maximum Gasteiger partial charge on any atom is 0.416 e. The third-order valence-electron chi connectivity index (χ3n) is 3.49. The van der Waals surface area contributed by atoms with Crippen molar-refractivity contribution in [2.75, 3.05) is 6.54 Å². The Hall–Kier alpha value is -1.33. The lowest BCUT2D eigenvalue weighted by Crippen LogP contribution is -2.30. The fourth-order valence-corrected chi connectivity index (χ4v) is 3.07. The third kappa shape index (κ3) is 4.19. The van der Waals surface area contributed by atoms with E-state index >= 15 is 0 Å². The highest BCUT2D eigenvalue weighted by molar-refractivity contribution is 7.89. The van der Waals surface area contributed by atoms with Gasteiger partial charge in [0.1, 0.15) is 6.10 Å². The molecule has 0 aromatic heterocycles. The summed E-state index contributed by atoms with van der Waals surface area (Å²) in [6.45, 7) is 3.07. The van der Waals surface area contributed by atoms with Crippen molar-refractivity contribution < 1.29 is 39.5 Å². The summed E-state index contributed by atoms with van der Waals surface area (Å²) in [6.07, 6.45) is -10.7. The van der Waals surface area contributed by atoms with Crippen LogP contribution >= 0.6 is 0 Å². The summed E-state index contributed by atoms with van der Waals surface area (Å²) in [7, 11) is -4.56. The highest BCUT2D eigenvalue weighted by Crippen LogP contribution is 2.38. The normalized spacial score (nSPS) is 20.9. The molecule has 1 aliphatic heterocycles. The van der Waals surface area contributed by atoms with E-state index in [4.69, 9.17) is 4.74 Å². The van der Waals surface area contributed by atoms with Crippen LogP contribution in [-0.2, 0) is 27.1 Å². The van der Waals surface area contributed by atoms with Gasteiger partial charge >= 0.3 is 12.4 Å². The van der Waals surface area contributed by atoms with Crippen LogP contribution in [0.5, 0.6) is 0 Å². The molecule has 24 heavy (non-hydrogen) atoms. The minimum Gasteiger partial charge on any atom is -0.365 e. The van der Waals surface area contributed by atoms with Gasteiger partial charge in [-0.2, -0.15) is 26.3 Å². The number of hydrogen-bond acceptors (Lipinski definition) is 3. The van der Waals surface area contributed by atoms with Gasteiger partial charge in [0.05, 0.1) is 21.6 Å². The predicted octanol–water partition coefficient (Wildman–Crippen LogP) is 3.18. The minimum atomic E-state index is -5.12. The molecule has 11 heteroatoms. The highest BCUT2D eigenvalue weighted by atomic mass is 32.2. The van der Waals surface area contributed by atoms with Gasteiger partial charge in [-0.1, -0.05) is 0 Å². The second kappa shape index (κ2) is 5.60. The van der Waals surface area contributed by atoms with Crippen LogP contribution in [0.3, 0.4) is 0 Å². The van der Waals surface area contributed by atoms with E-state index in [1.165, 1.54) is 0 Å². The number of alkyl halides is 6. The zero-order valence-electron chi connectivity index (χ0n) is 12.4. The van der Waals surface area contributed by atoms with E-state index in [9.17, 15) is 34.8 Å². The molecule has 0 spiro atoms. The maximum atomic E-state index is 12.7. The van der Waals surface area contributed by atoms with Gasteiger partial charge in [-0.3, -0.25) is 0 Å². The van der Waals surface area contributed by atoms with E-state index in [1.807, 2.05) is 4.72 Å². The first kappa shape index (κ1) is 19.0. The van der Waals surface area contributed by atoms with Crippen molar-refractivity contribution >= 4 is 10.0 Å². The van der Waals surface area contributed by atoms with Crippen molar-refractivity contribution in [1.29, 1.82) is 0 Å². The van der Waals surface area contributed by atoms with E-state index in [0.29, 0.717) is 0 Å². The molecule has 1 N–H and O–H groups in total. The molecule has 1 aromatic carbocycles. The van der Waals surface area contributed by atoms with Crippen LogP contribution in [0, 0.1) is 0 Å². The van der Waals surface area contributed by atoms with E-state index < -0.39 is 50.1 Å². The first-order valence-electron chi connectivity index (χ1n) is 6.60. The van der Waals surface area contributed by atoms with Gasteiger partial charge < -0.3 is 4.74 Å². The molecular formula is C13H13F6NO3S. The molecule has 0 radical (unpaired) electrons. The monoisotopic (exact) mass is 377 g/mol. The van der Waals surface area contributed by atoms with Gasteiger partial charge in [0.15, 0.2) is 0 Å². The van der Waals surface area contributed by atoms with Crippen LogP contribution in [0.15, 0.2) is 23.1 Å². The highest BCUT2D eigenvalue weighted by Gasteiger charge is 2.48. The standard InChI is InChI=1S/C13H13F6NO3S/c1-11(2)10(23-11)6-20-24(21,22)9-4-7(12(14,15)16)3-8(5-9)13(17,18)19/h3-5,10,20H,6H2,1-2H3/t10-/m1/s1. The van der Waals surface area contributed by atoms with Gasteiger partial charge in [-0.25, -0.2) is 13.1 Å². The van der Waals surface area contributed by atoms with Crippen molar-refractivity contribution in [1.82, 2.24) is 4.72 Å². The second-order valence-electron chi connectivity index (χ2n) is 5.80. The lowest BCUT2D eigenvalue weighted by molar-refractivity contribution is -0.143. The Morgan fingerprint density at radius 2 is 1.46 bits per heavy atom. The number of sulfonamides is 1. The second-order valence-corrected chi connectivity index (χ2v) is 7.57. The van der Waals surface area contributed by atoms with Crippen molar-refractivity contribution in [3.05, 3.63) is 29.3 Å². The number of halogens is 6. The Labute approximate surface area is 133 Å². The van der Waals surface area contributed by atoms with E-state index in [-0.39, 0.29) is 24.7 Å². The Bertz CT molecular complexity index is 707. The lowest BCUT2D eigenvalue weighted by atomic mass is 10.1. The molecule has 0 amide bonds. The fraction of sp³-hybridized carbons (Fsp3) is 0.538. The molecule has 2 rings (SSSR count). The van der Waals surface area contributed by atoms with Gasteiger partial charge in [0.25, 0.3) is 0 Å². The first-order chi connectivity index (χ1) is 10.6. The summed E-state index contributed by atoms with van der Waals surface area (Å²) < 4.78 is 108. The molecule has 0 aliphatic carbocycles. The summed E-state index contributed by atoms with van der Waals surface area (Å²) in [5.74, 6) is 0. The lowest BCUT2D eigenvalue weighted by Gasteiger charge is -2.14. The van der Waals surface area contributed by atoms with Crippen molar-refractivity contribution in [3.8, 4) is 0 Å². The number of ether oxygens (including phenoxy) is 1. The maximum absolute atomic E-state index is 12.7. The van der Waals surface area contributed by atoms with Crippen molar-refractivity contribution in [2.45, 2.75) is 42.8 Å². The molecule has 1 saturated heterocycles. The molecule has 0 bridgehead atoms. The van der Waals surface area contributed by atoms with E-state index in [0.717, 1.165) is 0 Å². The number of nitrogens with one attached hydrogen (secondary N) is 1. The topological polar surface area (TPSA) is 58.7 Å². The number of hydrogen-bond donors (Lipinski definition) is 1. The average molecular weight is 377 g/mol. The molecule has 0 saturated carbocycles. The molecule has 136 valence electrons. The summed E-state index contributed by atoms with van der Waals surface area (Å²) in [5.41, 5.74) is -3.98. The molecule has 1 aliphatic rings. The Morgan fingerprint density at radius 3 is 1.79 bits per heavy atom. The van der Waals surface area contributed by atoms with Crippen LogP contribution in [0.2, 0.25) is 0 Å². The van der Waals surface area contributed by atoms with Crippen LogP contribution < -0.4 is 4.72 Å². The minimum absolute atomic E-state index is 0.133. The zero-order valence-corrected chi connectivity index (χ0v) is 13.2. The SMILES string of the molecule is CC1(C)O[C@@H]1CNS(=O)(=O)c1cc(C(F)(F)F)cc(C(F)(F)F)c1. The quantitative estimate of drug-likeness (QED) is 0.648. The molecule has 1 aromatic rings. The summed E-state index contributed by atoms with van der Waals surface area (Å²) in [6, 6.07) is 0.194. The smallest absolute Gasteiger partial charge is 0.365 e. The average Bonchev–Trinajstić information content (AvgIpc) is 3.02. The van der Waals surface area contributed by atoms with Gasteiger partial charge in [-0.05, 0) is 32.0 Å². The van der Waals surface area contributed by atoms with E-state index in [2.05, 4.69) is 0 Å². The third-order valence-corrected chi connectivity index (χ3v) is 4.90. The molecule has 1 heterocycles. The first-order valence-corrected chi connectivity index (χ1v) is 8.08. The van der Waals surface area contributed by atoms with Crippen LogP contribution in [0.1, 0.15) is 25.0 Å². The predicted molar refractivity (Wildman–Crippen MR) is 70.6 cm³/mol. The van der Waals surface area contributed by atoms with Crippen LogP contribution in [0.4, 0.5) is 26.3 Å². The summed E-state index contributed by atoms with van der Waals surface area (Å²) >= 11 is 0. The van der Waals surface area contributed by atoms with Crippen molar-refractivity contribution in [3.63, 3.8) is 0 Å². The molecule has 1 atom stereocenters. The van der Waals surface area contributed by atoms with Crippen LogP contribution in [0.25, 0.3) is 0 Å². The largest absolute Gasteiger partial charge is 0.416 e. The Kier molecular flexibility index (Phi) is 4.43. The van der Waals surface area contributed by atoms with Crippen LogP contribution in [-0.4, -0.2) is 26.7 Å². The Morgan fingerprint density at radius 1 is 1.04 bits per heavy atom. The molecular weight excluding hydrogens is 364 g/mol. The van der Waals surface area contributed by atoms with Gasteiger partial charge in [-0.15, -0.1) is 0 Å².